The highest BCUT2D eigenvalue weighted by Gasteiger charge is 2.15. The van der Waals surface area contributed by atoms with Crippen molar-refractivity contribution in [2.75, 3.05) is 33.8 Å². The molecule has 32 heavy (non-hydrogen) atoms. The maximum Gasteiger partial charge on any atom is 0.329 e. The lowest BCUT2D eigenvalue weighted by Crippen LogP contribution is -2.05. The van der Waals surface area contributed by atoms with E-state index in [4.69, 9.17) is 24.1 Å². The third kappa shape index (κ3) is 6.64. The van der Waals surface area contributed by atoms with Crippen molar-refractivity contribution in [1.82, 2.24) is 4.98 Å². The summed E-state index contributed by atoms with van der Waals surface area (Å²) in [6.45, 7) is 0. The van der Waals surface area contributed by atoms with E-state index in [0.717, 1.165) is 17.7 Å². The quantitative estimate of drug-likeness (QED) is 0.478. The number of aromatic nitrogens is 1. The number of pyridine rings is 1. The smallest absolute Gasteiger partial charge is 0.329 e. The van der Waals surface area contributed by atoms with Crippen LogP contribution in [0.5, 0.6) is 23.0 Å². The number of nitrogens with one attached hydrogen (secondary N) is 1. The van der Waals surface area contributed by atoms with Crippen LogP contribution in [0.2, 0.25) is 0 Å². The molecule has 0 aliphatic heterocycles. The largest absolute Gasteiger partial charge is 0.496 e. The van der Waals surface area contributed by atoms with Crippen molar-refractivity contribution in [3.63, 3.8) is 0 Å². The molecule has 10 nitrogen and oxygen atoms in total. The van der Waals surface area contributed by atoms with E-state index in [1.807, 2.05) is 0 Å². The van der Waals surface area contributed by atoms with Crippen LogP contribution in [0.15, 0.2) is 41.9 Å². The number of carboxylic acid groups (broad SMARTS) is 1. The Morgan fingerprint density at radius 1 is 1.03 bits per heavy atom. The van der Waals surface area contributed by atoms with Crippen molar-refractivity contribution in [3.05, 3.63) is 53.2 Å². The number of benzene rings is 1. The first kappa shape index (κ1) is 24.5. The van der Waals surface area contributed by atoms with Crippen LogP contribution in [0.3, 0.4) is 0 Å². The Balaban J connectivity index is 2.31. The Morgan fingerprint density at radius 2 is 1.66 bits per heavy atom. The lowest BCUT2D eigenvalue weighted by atomic mass is 10.1. The zero-order chi connectivity index (χ0) is 23.7. The summed E-state index contributed by atoms with van der Waals surface area (Å²) in [5.74, 6) is 0.220. The number of rotatable bonds is 11. The minimum absolute atomic E-state index is 0.181. The van der Waals surface area contributed by atoms with E-state index in [-0.39, 0.29) is 11.5 Å². The van der Waals surface area contributed by atoms with Crippen molar-refractivity contribution in [3.8, 4) is 23.0 Å². The predicted octanol–water partition coefficient (Wildman–Crippen LogP) is 2.71. The first-order valence-electron chi connectivity index (χ1n) is 9.13. The summed E-state index contributed by atoms with van der Waals surface area (Å²) in [5.41, 5.74) is 0.665. The van der Waals surface area contributed by atoms with Crippen LogP contribution >= 0.6 is 0 Å². The number of nitrogens with zero attached hydrogens (tertiary/aromatic N) is 1. The molecular formula is C21H24N2O8S. The molecule has 2 aromatic rings. The molecule has 0 atom stereocenters. The van der Waals surface area contributed by atoms with Crippen molar-refractivity contribution in [2.45, 2.75) is 5.75 Å². The van der Waals surface area contributed by atoms with Crippen LogP contribution in [0.4, 0.5) is 5.82 Å². The van der Waals surface area contributed by atoms with Crippen molar-refractivity contribution in [2.24, 2.45) is 0 Å². The molecule has 0 aliphatic carbocycles. The predicted molar refractivity (Wildman–Crippen MR) is 119 cm³/mol. The van der Waals surface area contributed by atoms with Crippen molar-refractivity contribution in [1.29, 1.82) is 0 Å². The molecule has 1 aromatic heterocycles. The molecule has 0 aliphatic rings. The molecule has 0 spiro atoms. The summed E-state index contributed by atoms with van der Waals surface area (Å²) in [4.78, 5) is 14.8. The number of aliphatic carboxylic acids is 1. The maximum atomic E-state index is 12.7. The number of anilines is 1. The highest BCUT2D eigenvalue weighted by Crippen LogP contribution is 2.35. The zero-order valence-corrected chi connectivity index (χ0v) is 18.8. The van der Waals surface area contributed by atoms with Gasteiger partial charge in [0.1, 0.15) is 17.2 Å². The normalized spacial score (nSPS) is 11.5. The molecule has 2 N–H and O–H groups in total. The molecule has 1 heterocycles. The summed E-state index contributed by atoms with van der Waals surface area (Å²) >= 11 is 0. The molecule has 0 saturated heterocycles. The van der Waals surface area contributed by atoms with E-state index < -0.39 is 21.6 Å². The van der Waals surface area contributed by atoms with Gasteiger partial charge in [-0.1, -0.05) is 0 Å². The highest BCUT2D eigenvalue weighted by molar-refractivity contribution is 7.93. The molecule has 0 fully saturated rings. The minimum Gasteiger partial charge on any atom is -0.496 e. The number of ether oxygens (including phenoxy) is 4. The van der Waals surface area contributed by atoms with Crippen molar-refractivity contribution < 1.29 is 37.3 Å². The third-order valence-corrected chi connectivity index (χ3v) is 5.37. The van der Waals surface area contributed by atoms with Gasteiger partial charge in [0.15, 0.2) is 21.4 Å². The minimum atomic E-state index is -3.73. The van der Waals surface area contributed by atoms with Gasteiger partial charge in [0.05, 0.1) is 45.4 Å². The first-order valence-corrected chi connectivity index (χ1v) is 10.8. The third-order valence-electron chi connectivity index (χ3n) is 4.13. The molecule has 0 unspecified atom stereocenters. The van der Waals surface area contributed by atoms with Gasteiger partial charge < -0.3 is 29.4 Å². The molecular weight excluding hydrogens is 440 g/mol. The number of sulfone groups is 1. The van der Waals surface area contributed by atoms with Crippen molar-refractivity contribution >= 4 is 27.7 Å². The summed E-state index contributed by atoms with van der Waals surface area (Å²) in [6.07, 6.45) is 3.42. The standard InChI is InChI=1S/C21H24N2O8S/c1-28-15-11-18(30-3)16(19(12-15)31-4)8-10-32(26,27)13-14-5-6-17(29-2)21(23-14)22-9-7-20(24)25/h5-12H,13H2,1-4H3,(H,22,23)(H,24,25)/b9-7?,10-8+. The van der Waals surface area contributed by atoms with Crippen LogP contribution in [-0.4, -0.2) is 52.9 Å². The average Bonchev–Trinajstić information content (AvgIpc) is 2.76. The van der Waals surface area contributed by atoms with Gasteiger partial charge >= 0.3 is 5.97 Å². The van der Waals surface area contributed by atoms with Gasteiger partial charge in [-0.05, 0) is 18.2 Å². The summed E-state index contributed by atoms with van der Waals surface area (Å²) in [7, 11) is 2.08. The number of carbonyl (C=O) groups is 1. The van der Waals surface area contributed by atoms with Crippen LogP contribution < -0.4 is 24.3 Å². The second-order valence-corrected chi connectivity index (χ2v) is 8.11. The van der Waals surface area contributed by atoms with Gasteiger partial charge in [-0.25, -0.2) is 18.2 Å². The lowest BCUT2D eigenvalue weighted by Gasteiger charge is -2.12. The Labute approximate surface area is 186 Å². The van der Waals surface area contributed by atoms with E-state index in [1.54, 1.807) is 12.1 Å². The number of methoxy groups -OCH3 is 4. The summed E-state index contributed by atoms with van der Waals surface area (Å²) in [6, 6.07) is 6.27. The number of carboxylic acids is 1. The Bertz CT molecular complexity index is 1100. The van der Waals surface area contributed by atoms with Crippen LogP contribution in [0, 0.1) is 0 Å². The SMILES string of the molecule is COc1cc(OC)c(/C=C/S(=O)(=O)Cc2ccc(OC)c(NC=CC(=O)O)n2)c(OC)c1. The van der Waals surface area contributed by atoms with E-state index in [1.165, 1.54) is 46.6 Å². The van der Waals surface area contributed by atoms with E-state index in [0.29, 0.717) is 28.6 Å². The van der Waals surface area contributed by atoms with Crippen LogP contribution in [0.25, 0.3) is 6.08 Å². The van der Waals surface area contributed by atoms with Gasteiger partial charge in [-0.15, -0.1) is 0 Å². The van der Waals surface area contributed by atoms with Gasteiger partial charge in [0.25, 0.3) is 0 Å². The van der Waals surface area contributed by atoms with E-state index in [9.17, 15) is 13.2 Å². The highest BCUT2D eigenvalue weighted by atomic mass is 32.2. The van der Waals surface area contributed by atoms with E-state index in [2.05, 4.69) is 10.3 Å². The fourth-order valence-corrected chi connectivity index (χ4v) is 3.66. The number of hydrogen-bond acceptors (Lipinski definition) is 9. The van der Waals surface area contributed by atoms with Gasteiger partial charge in [0.2, 0.25) is 0 Å². The Hall–Kier alpha value is -3.73. The second kappa shape index (κ2) is 11.0. The molecule has 0 amide bonds. The molecule has 1 aromatic carbocycles. The second-order valence-electron chi connectivity index (χ2n) is 6.22. The molecule has 2 rings (SSSR count). The van der Waals surface area contributed by atoms with Gasteiger partial charge in [-0.2, -0.15) is 0 Å². The molecule has 0 radical (unpaired) electrons. The van der Waals surface area contributed by atoms with Gasteiger partial charge in [0, 0.05) is 29.8 Å². The van der Waals surface area contributed by atoms with E-state index >= 15 is 0 Å². The fourth-order valence-electron chi connectivity index (χ4n) is 2.65. The van der Waals surface area contributed by atoms with Gasteiger partial charge in [-0.3, -0.25) is 0 Å². The lowest BCUT2D eigenvalue weighted by molar-refractivity contribution is -0.131. The number of hydrogen-bond donors (Lipinski definition) is 2. The maximum absolute atomic E-state index is 12.7. The Morgan fingerprint density at radius 3 is 2.19 bits per heavy atom. The van der Waals surface area contributed by atoms with Crippen LogP contribution in [-0.2, 0) is 20.4 Å². The fraction of sp³-hybridized carbons (Fsp3) is 0.238. The summed E-state index contributed by atoms with van der Waals surface area (Å²) < 4.78 is 46.4. The molecule has 0 bridgehead atoms. The monoisotopic (exact) mass is 464 g/mol. The molecule has 0 saturated carbocycles. The Kier molecular flexibility index (Phi) is 8.47. The molecule has 11 heteroatoms. The average molecular weight is 464 g/mol. The summed E-state index contributed by atoms with van der Waals surface area (Å²) in [5, 5.41) is 12.4. The topological polar surface area (TPSA) is 133 Å². The van der Waals surface area contributed by atoms with Crippen LogP contribution in [0.1, 0.15) is 11.3 Å². The molecule has 172 valence electrons. The first-order chi connectivity index (χ1) is 15.2. The zero-order valence-electron chi connectivity index (χ0n) is 18.0.